The Morgan fingerprint density at radius 3 is 2.79 bits per heavy atom. The molecule has 1 atom stereocenters. The molecule has 1 amide bonds. The molecule has 0 aliphatic carbocycles. The van der Waals surface area contributed by atoms with Crippen LogP contribution < -0.4 is 14.8 Å². The lowest BCUT2D eigenvalue weighted by atomic mass is 10.1. The van der Waals surface area contributed by atoms with Crippen molar-refractivity contribution in [3.63, 3.8) is 0 Å². The van der Waals surface area contributed by atoms with Crippen LogP contribution >= 0.6 is 0 Å². The number of nitrogens with zero attached hydrogens (tertiary/aromatic N) is 3. The first-order valence-corrected chi connectivity index (χ1v) is 11.0. The number of amides is 1. The Labute approximate surface area is 195 Å². The van der Waals surface area contributed by atoms with Crippen molar-refractivity contribution in [2.45, 2.75) is 39.7 Å². The van der Waals surface area contributed by atoms with Gasteiger partial charge in [0.2, 0.25) is 6.79 Å². The van der Waals surface area contributed by atoms with E-state index in [0.717, 1.165) is 33.5 Å². The van der Waals surface area contributed by atoms with E-state index in [2.05, 4.69) is 10.4 Å². The Morgan fingerprint density at radius 1 is 1.15 bits per heavy atom. The second-order valence-corrected chi connectivity index (χ2v) is 8.20. The van der Waals surface area contributed by atoms with Crippen LogP contribution in [0.4, 0.5) is 5.69 Å². The summed E-state index contributed by atoms with van der Waals surface area (Å²) in [6, 6.07) is 12.9. The van der Waals surface area contributed by atoms with Crippen LogP contribution in [0.15, 0.2) is 42.5 Å². The molecule has 0 spiro atoms. The number of rotatable bonds is 6. The molecular formula is C25H24N4O5. The molecule has 1 N–H and O–H groups in total. The largest absolute Gasteiger partial charge is 0.454 e. The quantitative estimate of drug-likeness (QED) is 0.437. The van der Waals surface area contributed by atoms with E-state index >= 15 is 0 Å². The zero-order chi connectivity index (χ0) is 23.8. The molecule has 34 heavy (non-hydrogen) atoms. The Bertz CT molecular complexity index is 1430. The summed E-state index contributed by atoms with van der Waals surface area (Å²) in [5.41, 5.74) is 4.92. The number of nitrogens with one attached hydrogen (secondary N) is 1. The van der Waals surface area contributed by atoms with Crippen molar-refractivity contribution >= 4 is 34.1 Å². The molecular weight excluding hydrogens is 436 g/mol. The Morgan fingerprint density at radius 2 is 1.94 bits per heavy atom. The number of carbonyl (C=O) groups excluding carboxylic acids is 2. The van der Waals surface area contributed by atoms with E-state index in [9.17, 15) is 9.59 Å². The average molecular weight is 460 g/mol. The number of anilines is 1. The maximum atomic E-state index is 12.5. The van der Waals surface area contributed by atoms with Gasteiger partial charge >= 0.3 is 5.97 Å². The summed E-state index contributed by atoms with van der Waals surface area (Å²) < 4.78 is 17.8. The third kappa shape index (κ3) is 4.00. The highest BCUT2D eigenvalue weighted by Crippen LogP contribution is 2.34. The minimum atomic E-state index is -0.947. The second kappa shape index (κ2) is 8.66. The minimum Gasteiger partial charge on any atom is -0.454 e. The minimum absolute atomic E-state index is 0.122. The van der Waals surface area contributed by atoms with Crippen LogP contribution in [-0.2, 0) is 20.7 Å². The number of aryl methyl sites for hydroxylation is 2. The van der Waals surface area contributed by atoms with Gasteiger partial charge in [-0.05, 0) is 57.0 Å². The third-order valence-electron chi connectivity index (χ3n) is 5.91. The lowest BCUT2D eigenvalue weighted by Gasteiger charge is -2.15. The molecule has 0 radical (unpaired) electrons. The molecule has 9 nitrogen and oxygen atoms in total. The zero-order valence-electron chi connectivity index (χ0n) is 19.1. The fraction of sp³-hybridized carbons (Fsp3) is 0.280. The summed E-state index contributed by atoms with van der Waals surface area (Å²) >= 11 is 0. The smallest absolute Gasteiger partial charge is 0.306 e. The lowest BCUT2D eigenvalue weighted by Crippen LogP contribution is -2.30. The van der Waals surface area contributed by atoms with E-state index in [1.165, 1.54) is 0 Å². The summed E-state index contributed by atoms with van der Waals surface area (Å²) in [7, 11) is 0. The normalized spacial score (nSPS) is 13.3. The van der Waals surface area contributed by atoms with Crippen LogP contribution in [0.5, 0.6) is 11.5 Å². The number of fused-ring (bicyclic) bond motifs is 4. The van der Waals surface area contributed by atoms with Crippen LogP contribution in [0, 0.1) is 13.8 Å². The van der Waals surface area contributed by atoms with Crippen molar-refractivity contribution < 1.29 is 23.8 Å². The van der Waals surface area contributed by atoms with Gasteiger partial charge in [-0.1, -0.05) is 12.1 Å². The van der Waals surface area contributed by atoms with Crippen molar-refractivity contribution in [1.29, 1.82) is 0 Å². The molecule has 1 aliphatic rings. The Kier molecular flexibility index (Phi) is 5.53. The van der Waals surface area contributed by atoms with E-state index in [1.807, 2.05) is 42.6 Å². The highest BCUT2D eigenvalue weighted by molar-refractivity contribution is 5.95. The SMILES string of the molecule is Cc1nc2c3ccccc3nn2c(C)c1CCC(=O)O[C@H](C)C(=O)Nc1ccc2c(c1)OCO2. The highest BCUT2D eigenvalue weighted by atomic mass is 16.7. The molecule has 174 valence electrons. The highest BCUT2D eigenvalue weighted by Gasteiger charge is 2.21. The fourth-order valence-corrected chi connectivity index (χ4v) is 4.09. The summed E-state index contributed by atoms with van der Waals surface area (Å²) in [6.07, 6.45) is -0.388. The summed E-state index contributed by atoms with van der Waals surface area (Å²) in [5, 5.41) is 8.36. The van der Waals surface area contributed by atoms with Gasteiger partial charge in [0.25, 0.3) is 5.91 Å². The number of carbonyl (C=O) groups is 2. The van der Waals surface area contributed by atoms with E-state index in [1.54, 1.807) is 25.1 Å². The number of hydrogen-bond acceptors (Lipinski definition) is 7. The van der Waals surface area contributed by atoms with Crippen molar-refractivity contribution in [3.05, 3.63) is 59.4 Å². The van der Waals surface area contributed by atoms with Gasteiger partial charge < -0.3 is 19.5 Å². The maximum absolute atomic E-state index is 12.5. The number of hydrogen-bond donors (Lipinski definition) is 1. The van der Waals surface area contributed by atoms with E-state index in [-0.39, 0.29) is 13.2 Å². The molecule has 3 heterocycles. The predicted molar refractivity (Wildman–Crippen MR) is 125 cm³/mol. The van der Waals surface area contributed by atoms with Crippen molar-refractivity contribution in [2.24, 2.45) is 0 Å². The first kappa shape index (κ1) is 21.7. The van der Waals surface area contributed by atoms with E-state index in [0.29, 0.717) is 23.6 Å². The van der Waals surface area contributed by atoms with E-state index < -0.39 is 18.0 Å². The van der Waals surface area contributed by atoms with Crippen LogP contribution in [-0.4, -0.2) is 39.4 Å². The predicted octanol–water partition coefficient (Wildman–Crippen LogP) is 3.73. The molecule has 9 heteroatoms. The van der Waals surface area contributed by atoms with Crippen molar-refractivity contribution in [2.75, 3.05) is 12.1 Å². The van der Waals surface area contributed by atoms with Gasteiger partial charge in [-0.25, -0.2) is 9.50 Å². The molecule has 0 bridgehead atoms. The summed E-state index contributed by atoms with van der Waals surface area (Å²) in [4.78, 5) is 29.7. The molecule has 5 rings (SSSR count). The summed E-state index contributed by atoms with van der Waals surface area (Å²) in [6.45, 7) is 5.59. The first-order valence-electron chi connectivity index (χ1n) is 11.0. The monoisotopic (exact) mass is 460 g/mol. The van der Waals surface area contributed by atoms with Crippen LogP contribution in [0.3, 0.4) is 0 Å². The molecule has 4 aromatic rings. The number of esters is 1. The fourth-order valence-electron chi connectivity index (χ4n) is 4.09. The van der Waals surface area contributed by atoms with Gasteiger partial charge in [-0.15, -0.1) is 0 Å². The molecule has 2 aromatic carbocycles. The molecule has 0 saturated carbocycles. The standard InChI is InChI=1S/C25H24N4O5/c1-14-18(15(2)29-24(26-14)19-6-4-5-7-20(19)28-29)9-11-23(30)34-16(3)25(31)27-17-8-10-21-22(12-17)33-13-32-21/h4-8,10,12,16H,9,11,13H2,1-3H3,(H,27,31)/t16-/m1/s1. The van der Waals surface area contributed by atoms with E-state index in [4.69, 9.17) is 19.2 Å². The molecule has 0 unspecified atom stereocenters. The van der Waals surface area contributed by atoms with Gasteiger partial charge in [0.05, 0.1) is 5.52 Å². The second-order valence-electron chi connectivity index (χ2n) is 8.20. The van der Waals surface area contributed by atoms with Crippen molar-refractivity contribution in [1.82, 2.24) is 14.6 Å². The van der Waals surface area contributed by atoms with Gasteiger partial charge in [0, 0.05) is 34.9 Å². The molecule has 2 aromatic heterocycles. The first-order chi connectivity index (χ1) is 16.4. The summed E-state index contributed by atoms with van der Waals surface area (Å²) in [5.74, 6) is 0.298. The van der Waals surface area contributed by atoms with Crippen LogP contribution in [0.2, 0.25) is 0 Å². The topological polar surface area (TPSA) is 104 Å². The number of aromatic nitrogens is 3. The van der Waals surface area contributed by atoms with Gasteiger partial charge in [0.1, 0.15) is 0 Å². The van der Waals surface area contributed by atoms with Gasteiger partial charge in [-0.3, -0.25) is 9.59 Å². The Balaban J connectivity index is 1.22. The molecule has 0 saturated heterocycles. The third-order valence-corrected chi connectivity index (χ3v) is 5.91. The van der Waals surface area contributed by atoms with Crippen molar-refractivity contribution in [3.8, 4) is 11.5 Å². The number of ether oxygens (including phenoxy) is 3. The van der Waals surface area contributed by atoms with Crippen LogP contribution in [0.1, 0.15) is 30.3 Å². The molecule has 0 fully saturated rings. The zero-order valence-corrected chi connectivity index (χ0v) is 19.1. The van der Waals surface area contributed by atoms with Crippen LogP contribution in [0.25, 0.3) is 16.6 Å². The maximum Gasteiger partial charge on any atom is 0.306 e. The average Bonchev–Trinajstić information content (AvgIpc) is 3.43. The van der Waals surface area contributed by atoms with Gasteiger partial charge in [0.15, 0.2) is 23.3 Å². The Hall–Kier alpha value is -4.14. The van der Waals surface area contributed by atoms with Gasteiger partial charge in [-0.2, -0.15) is 5.10 Å². The number of benzene rings is 2. The lowest BCUT2D eigenvalue weighted by molar-refractivity contribution is -0.153. The molecule has 1 aliphatic heterocycles.